The number of carbonyl (C=O) groups is 2. The van der Waals surface area contributed by atoms with Gasteiger partial charge >= 0.3 is 12.4 Å². The summed E-state index contributed by atoms with van der Waals surface area (Å²) in [6.07, 6.45) is -11.1. The van der Waals surface area contributed by atoms with Gasteiger partial charge in [-0.3, -0.25) is 9.59 Å². The predicted octanol–water partition coefficient (Wildman–Crippen LogP) is 5.57. The van der Waals surface area contributed by atoms with Crippen molar-refractivity contribution in [3.05, 3.63) is 81.9 Å². The summed E-state index contributed by atoms with van der Waals surface area (Å²) in [5.74, 6) is -1.03. The summed E-state index contributed by atoms with van der Waals surface area (Å²) in [4.78, 5) is 29.1. The molecule has 2 N–H and O–H groups in total. The van der Waals surface area contributed by atoms with Gasteiger partial charge in [-0.05, 0) is 35.0 Å². The Morgan fingerprint density at radius 3 is 2.34 bits per heavy atom. The van der Waals surface area contributed by atoms with Crippen molar-refractivity contribution >= 4 is 39.9 Å². The average molecular weight is 558 g/mol. The number of rotatable bonds is 5. The Morgan fingerprint density at radius 2 is 1.71 bits per heavy atom. The van der Waals surface area contributed by atoms with E-state index in [1.165, 1.54) is 19.2 Å². The Balaban J connectivity index is 1.76. The third kappa shape index (κ3) is 5.00. The van der Waals surface area contributed by atoms with Gasteiger partial charge in [-0.15, -0.1) is 0 Å². The van der Waals surface area contributed by atoms with Crippen LogP contribution in [0.4, 0.5) is 26.3 Å². The van der Waals surface area contributed by atoms with Crippen LogP contribution in [0.15, 0.2) is 59.8 Å². The van der Waals surface area contributed by atoms with Gasteiger partial charge in [0.1, 0.15) is 0 Å². The van der Waals surface area contributed by atoms with Gasteiger partial charge in [0.05, 0.1) is 17.8 Å². The highest BCUT2D eigenvalue weighted by Crippen LogP contribution is 2.50. The minimum Gasteiger partial charge on any atom is -0.374 e. The highest BCUT2D eigenvalue weighted by atomic mass is 35.5. The monoisotopic (exact) mass is 557 g/mol. The molecule has 1 unspecified atom stereocenters. The molecule has 1 aliphatic rings. The molecule has 1 aliphatic heterocycles. The number of benzene rings is 3. The van der Waals surface area contributed by atoms with Gasteiger partial charge in [0.25, 0.3) is 11.5 Å². The lowest BCUT2D eigenvalue weighted by atomic mass is 9.84. The fourth-order valence-corrected chi connectivity index (χ4v) is 4.36. The van der Waals surface area contributed by atoms with E-state index in [0.717, 1.165) is 6.07 Å². The number of nitrogens with zero attached hydrogens (tertiary/aromatic N) is 1. The molecular weight excluding hydrogens is 540 g/mol. The first-order chi connectivity index (χ1) is 17.8. The van der Waals surface area contributed by atoms with Crippen molar-refractivity contribution < 1.29 is 40.8 Å². The van der Waals surface area contributed by atoms with Crippen molar-refractivity contribution in [3.8, 4) is 0 Å². The van der Waals surface area contributed by atoms with Crippen LogP contribution in [0.2, 0.25) is 5.02 Å². The van der Waals surface area contributed by atoms with Crippen molar-refractivity contribution in [1.29, 1.82) is 0 Å². The Hall–Kier alpha value is -3.80. The van der Waals surface area contributed by atoms with Crippen molar-refractivity contribution in [2.24, 2.45) is 5.16 Å². The van der Waals surface area contributed by atoms with Crippen LogP contribution < -0.4 is 10.6 Å². The topological polar surface area (TPSA) is 79.8 Å². The summed E-state index contributed by atoms with van der Waals surface area (Å²) in [6, 6.07) is 10.7. The molecule has 38 heavy (non-hydrogen) atoms. The van der Waals surface area contributed by atoms with Crippen molar-refractivity contribution in [2.75, 3.05) is 13.6 Å². The van der Waals surface area contributed by atoms with E-state index in [0.29, 0.717) is 22.9 Å². The van der Waals surface area contributed by atoms with Gasteiger partial charge in [0, 0.05) is 35.2 Å². The van der Waals surface area contributed by atoms with Gasteiger partial charge in [-0.1, -0.05) is 47.1 Å². The van der Waals surface area contributed by atoms with Gasteiger partial charge < -0.3 is 15.5 Å². The van der Waals surface area contributed by atoms with Crippen LogP contribution in [0.1, 0.15) is 33.5 Å². The molecule has 0 radical (unpaired) electrons. The minimum absolute atomic E-state index is 0.152. The molecule has 0 aromatic heterocycles. The van der Waals surface area contributed by atoms with E-state index < -0.39 is 52.3 Å². The molecule has 0 spiro atoms. The van der Waals surface area contributed by atoms with Gasteiger partial charge in [0.15, 0.2) is 0 Å². The van der Waals surface area contributed by atoms with E-state index in [4.69, 9.17) is 16.4 Å². The second-order valence-electron chi connectivity index (χ2n) is 8.42. The molecule has 200 valence electrons. The molecule has 0 saturated carbocycles. The Morgan fingerprint density at radius 1 is 1.03 bits per heavy atom. The number of amides is 2. The van der Waals surface area contributed by atoms with Crippen molar-refractivity contribution in [2.45, 2.75) is 24.4 Å². The quantitative estimate of drug-likeness (QED) is 0.403. The average Bonchev–Trinajstić information content (AvgIpc) is 3.32. The summed E-state index contributed by atoms with van der Waals surface area (Å²) in [5.41, 5.74) is -5.29. The van der Waals surface area contributed by atoms with E-state index in [9.17, 15) is 35.9 Å². The first kappa shape index (κ1) is 27.2. The molecule has 1 atom stereocenters. The van der Waals surface area contributed by atoms with Crippen LogP contribution in [0.3, 0.4) is 0 Å². The zero-order chi connectivity index (χ0) is 27.9. The third-order valence-electron chi connectivity index (χ3n) is 6.05. The fraction of sp³-hybridized carbons (Fsp3) is 0.240. The molecule has 6 nitrogen and oxygen atoms in total. The van der Waals surface area contributed by atoms with Crippen LogP contribution >= 0.6 is 11.6 Å². The number of carbonyl (C=O) groups excluding carboxylic acids is 2. The molecule has 0 bridgehead atoms. The summed E-state index contributed by atoms with van der Waals surface area (Å²) < 4.78 is 83.2. The van der Waals surface area contributed by atoms with E-state index in [-0.39, 0.29) is 23.4 Å². The SMILES string of the molecule is CNC(=O)CNC(=O)c1ccc(C2=NOC(c3cc(Cl)cc(C(F)(F)F)c3)(C(F)(F)F)C2)c2ccccc12. The highest BCUT2D eigenvalue weighted by Gasteiger charge is 2.62. The van der Waals surface area contributed by atoms with Crippen LogP contribution in [0.25, 0.3) is 10.8 Å². The molecule has 3 aromatic carbocycles. The first-order valence-corrected chi connectivity index (χ1v) is 11.4. The summed E-state index contributed by atoms with van der Waals surface area (Å²) in [7, 11) is 1.40. The predicted molar refractivity (Wildman–Crippen MR) is 127 cm³/mol. The highest BCUT2D eigenvalue weighted by molar-refractivity contribution is 6.30. The minimum atomic E-state index is -5.17. The molecule has 4 rings (SSSR count). The first-order valence-electron chi connectivity index (χ1n) is 11.0. The fourth-order valence-electron chi connectivity index (χ4n) is 4.13. The van der Waals surface area contributed by atoms with Gasteiger partial charge in [0.2, 0.25) is 5.91 Å². The summed E-state index contributed by atoms with van der Waals surface area (Å²) in [6.45, 7) is -0.292. The molecule has 13 heteroatoms. The Bertz CT molecular complexity index is 1450. The molecule has 0 aliphatic carbocycles. The number of fused-ring (bicyclic) bond motifs is 1. The number of oxime groups is 1. The number of alkyl halides is 6. The lowest BCUT2D eigenvalue weighted by molar-refractivity contribution is -0.276. The Kier molecular flexibility index (Phi) is 7.04. The van der Waals surface area contributed by atoms with Gasteiger partial charge in [-0.25, -0.2) is 0 Å². The molecule has 3 aromatic rings. The number of hydrogen-bond donors (Lipinski definition) is 2. The Labute approximate surface area is 216 Å². The zero-order valence-electron chi connectivity index (χ0n) is 19.4. The zero-order valence-corrected chi connectivity index (χ0v) is 20.2. The third-order valence-corrected chi connectivity index (χ3v) is 6.26. The maximum Gasteiger partial charge on any atom is 0.435 e. The van der Waals surface area contributed by atoms with Crippen LogP contribution in [0, 0.1) is 0 Å². The van der Waals surface area contributed by atoms with Gasteiger partial charge in [-0.2, -0.15) is 26.3 Å². The molecule has 0 saturated heterocycles. The van der Waals surface area contributed by atoms with Crippen LogP contribution in [-0.4, -0.2) is 37.3 Å². The maximum atomic E-state index is 14.4. The van der Waals surface area contributed by atoms with E-state index >= 15 is 0 Å². The normalized spacial score (nSPS) is 17.6. The van der Waals surface area contributed by atoms with Crippen molar-refractivity contribution in [1.82, 2.24) is 10.6 Å². The lowest BCUT2D eigenvalue weighted by Crippen LogP contribution is -2.43. The number of likely N-dealkylation sites (N-methyl/N-ethyl adjacent to an activating group) is 1. The number of nitrogens with one attached hydrogen (secondary N) is 2. The number of hydrogen-bond acceptors (Lipinski definition) is 4. The van der Waals surface area contributed by atoms with Crippen molar-refractivity contribution in [3.63, 3.8) is 0 Å². The molecule has 1 heterocycles. The van der Waals surface area contributed by atoms with E-state index in [1.807, 2.05) is 0 Å². The summed E-state index contributed by atoms with van der Waals surface area (Å²) >= 11 is 5.76. The molecular formula is C25H18ClF6N3O3. The summed E-state index contributed by atoms with van der Waals surface area (Å²) in [5, 5.41) is 8.60. The van der Waals surface area contributed by atoms with E-state index in [2.05, 4.69) is 15.8 Å². The largest absolute Gasteiger partial charge is 0.435 e. The second-order valence-corrected chi connectivity index (χ2v) is 8.86. The smallest absolute Gasteiger partial charge is 0.374 e. The molecule has 2 amide bonds. The second kappa shape index (κ2) is 9.82. The standard InChI is InChI=1S/C25H18ClF6N3O3/c1-33-21(36)12-34-22(37)19-7-6-18(16-4-2-3-5-17(16)19)20-11-23(38-35-20,25(30,31)32)13-8-14(24(27,28)29)10-15(26)9-13/h2-10H,11-12H2,1H3,(H,33,36)(H,34,37). The van der Waals surface area contributed by atoms with Crippen LogP contribution in [0.5, 0.6) is 0 Å². The lowest BCUT2D eigenvalue weighted by Gasteiger charge is -2.30. The number of halogens is 7. The molecule has 0 fully saturated rings. The van der Waals surface area contributed by atoms with E-state index in [1.54, 1.807) is 24.3 Å². The maximum absolute atomic E-state index is 14.4. The van der Waals surface area contributed by atoms with Crippen LogP contribution in [-0.2, 0) is 21.4 Å².